The average Bonchev–Trinajstić information content (AvgIpc) is 3.33. The lowest BCUT2D eigenvalue weighted by molar-refractivity contribution is 0.464. The van der Waals surface area contributed by atoms with E-state index in [2.05, 4.69) is 30.7 Å². The van der Waals surface area contributed by atoms with Gasteiger partial charge in [0.25, 0.3) is 5.22 Å². The lowest BCUT2D eigenvalue weighted by Crippen LogP contribution is -2.04. The average molecular weight is 351 g/mol. The van der Waals surface area contributed by atoms with Gasteiger partial charge in [-0.05, 0) is 41.6 Å². The van der Waals surface area contributed by atoms with Gasteiger partial charge in [-0.25, -0.2) is 0 Å². The summed E-state index contributed by atoms with van der Waals surface area (Å²) in [5, 5.41) is 20.5. The van der Waals surface area contributed by atoms with Crippen LogP contribution >= 0.6 is 11.8 Å². The molecule has 3 heterocycles. The molecular weight excluding hydrogens is 338 g/mol. The van der Waals surface area contributed by atoms with Gasteiger partial charge >= 0.3 is 0 Å². The number of hydrogen-bond acceptors (Lipinski definition) is 8. The van der Waals surface area contributed by atoms with Gasteiger partial charge in [0.05, 0.1) is 16.5 Å². The van der Waals surface area contributed by atoms with Gasteiger partial charge in [0.15, 0.2) is 5.82 Å². The van der Waals surface area contributed by atoms with Gasteiger partial charge < -0.3 is 4.42 Å². The fourth-order valence-corrected chi connectivity index (χ4v) is 3.04. The first-order valence-electron chi connectivity index (χ1n) is 7.55. The highest BCUT2D eigenvalue weighted by Gasteiger charge is 2.20. The number of hydrogen-bond donors (Lipinski definition) is 0. The monoisotopic (exact) mass is 351 g/mol. The molecule has 124 valence electrons. The molecule has 4 aromatic rings. The predicted molar refractivity (Wildman–Crippen MR) is 91.0 cm³/mol. The van der Waals surface area contributed by atoms with Crippen molar-refractivity contribution in [2.45, 2.75) is 17.4 Å². The molecule has 0 unspecified atom stereocenters. The van der Waals surface area contributed by atoms with E-state index in [1.807, 2.05) is 49.4 Å². The Bertz CT molecular complexity index is 955. The van der Waals surface area contributed by atoms with Crippen molar-refractivity contribution in [3.05, 3.63) is 60.7 Å². The summed E-state index contributed by atoms with van der Waals surface area (Å²) in [6.07, 6.45) is 3.38. The zero-order chi connectivity index (χ0) is 17.1. The van der Waals surface area contributed by atoms with E-state index in [0.29, 0.717) is 16.9 Å². The Morgan fingerprint density at radius 1 is 1.04 bits per heavy atom. The molecule has 25 heavy (non-hydrogen) atoms. The van der Waals surface area contributed by atoms with E-state index in [4.69, 9.17) is 4.42 Å². The minimum atomic E-state index is -0.0718. The van der Waals surface area contributed by atoms with Crippen LogP contribution in [0.4, 0.5) is 0 Å². The summed E-state index contributed by atoms with van der Waals surface area (Å²) < 4.78 is 7.41. The van der Waals surface area contributed by atoms with E-state index < -0.39 is 0 Å². The van der Waals surface area contributed by atoms with Crippen molar-refractivity contribution in [3.8, 4) is 17.1 Å². The van der Waals surface area contributed by atoms with Crippen molar-refractivity contribution in [1.82, 2.24) is 35.4 Å². The molecular formula is C16H13N7OS. The quantitative estimate of drug-likeness (QED) is 0.506. The fourth-order valence-electron chi connectivity index (χ4n) is 2.27. The Morgan fingerprint density at radius 3 is 2.72 bits per heavy atom. The highest BCUT2D eigenvalue weighted by molar-refractivity contribution is 7.99. The Kier molecular flexibility index (Phi) is 4.21. The van der Waals surface area contributed by atoms with E-state index in [1.54, 1.807) is 17.1 Å². The standard InChI is InChI=1S/C16H13N7OS/c1-11(14-18-21-22-23(14)13-7-3-2-4-8-13)25-16-20-19-15(24-16)12-6-5-9-17-10-12/h2-11H,1H3/t11-/m1/s1. The van der Waals surface area contributed by atoms with Crippen LogP contribution in [0.5, 0.6) is 0 Å². The first kappa shape index (κ1) is 15.5. The van der Waals surface area contributed by atoms with E-state index >= 15 is 0 Å². The SMILES string of the molecule is C[C@@H](Sc1nnc(-c2cccnc2)o1)c1nnnn1-c1ccccc1. The Balaban J connectivity index is 1.55. The lowest BCUT2D eigenvalue weighted by Gasteiger charge is -2.08. The molecule has 8 nitrogen and oxygen atoms in total. The molecule has 0 amide bonds. The summed E-state index contributed by atoms with van der Waals surface area (Å²) in [6.45, 7) is 1.99. The molecule has 1 aromatic carbocycles. The normalized spacial score (nSPS) is 12.2. The van der Waals surface area contributed by atoms with Crippen molar-refractivity contribution >= 4 is 11.8 Å². The molecule has 0 aliphatic heterocycles. The van der Waals surface area contributed by atoms with Gasteiger partial charge in [0.2, 0.25) is 5.89 Å². The van der Waals surface area contributed by atoms with Crippen LogP contribution in [-0.2, 0) is 0 Å². The summed E-state index contributed by atoms with van der Waals surface area (Å²) in [5.74, 6) is 1.14. The van der Waals surface area contributed by atoms with Crippen LogP contribution in [-0.4, -0.2) is 35.4 Å². The molecule has 0 N–H and O–H groups in total. The molecule has 0 radical (unpaired) electrons. The minimum Gasteiger partial charge on any atom is -0.411 e. The van der Waals surface area contributed by atoms with Crippen LogP contribution < -0.4 is 0 Å². The number of pyridine rings is 1. The molecule has 9 heteroatoms. The summed E-state index contributed by atoms with van der Waals surface area (Å²) in [5.41, 5.74) is 1.68. The molecule has 4 rings (SSSR count). The molecule has 0 spiro atoms. The number of tetrazole rings is 1. The second-order valence-corrected chi connectivity index (χ2v) is 6.45. The van der Waals surface area contributed by atoms with Gasteiger partial charge in [-0.2, -0.15) is 4.68 Å². The number of para-hydroxylation sites is 1. The molecule has 3 aromatic heterocycles. The number of benzene rings is 1. The second kappa shape index (κ2) is 6.81. The molecule has 1 atom stereocenters. The van der Waals surface area contributed by atoms with Crippen LogP contribution in [0.3, 0.4) is 0 Å². The second-order valence-electron chi connectivity index (χ2n) is 5.16. The smallest absolute Gasteiger partial charge is 0.277 e. The maximum absolute atomic E-state index is 5.71. The Labute approximate surface area is 147 Å². The molecule has 0 fully saturated rings. The molecule has 0 aliphatic carbocycles. The van der Waals surface area contributed by atoms with Gasteiger partial charge in [-0.1, -0.05) is 30.0 Å². The van der Waals surface area contributed by atoms with Gasteiger partial charge in [0.1, 0.15) is 0 Å². The number of thioether (sulfide) groups is 1. The van der Waals surface area contributed by atoms with E-state index in [0.717, 1.165) is 11.3 Å². The molecule has 0 saturated heterocycles. The first-order valence-corrected chi connectivity index (χ1v) is 8.43. The van der Waals surface area contributed by atoms with Gasteiger partial charge in [-0.15, -0.1) is 15.3 Å². The van der Waals surface area contributed by atoms with E-state index in [-0.39, 0.29) is 5.25 Å². The maximum atomic E-state index is 5.71. The van der Waals surface area contributed by atoms with Crippen molar-refractivity contribution in [3.63, 3.8) is 0 Å². The van der Waals surface area contributed by atoms with Crippen molar-refractivity contribution in [2.75, 3.05) is 0 Å². The third kappa shape index (κ3) is 3.26. The summed E-state index contributed by atoms with van der Waals surface area (Å²) in [7, 11) is 0. The minimum absolute atomic E-state index is 0.0718. The van der Waals surface area contributed by atoms with Crippen LogP contribution in [0, 0.1) is 0 Å². The van der Waals surface area contributed by atoms with Crippen molar-refractivity contribution in [2.24, 2.45) is 0 Å². The Morgan fingerprint density at radius 2 is 1.92 bits per heavy atom. The lowest BCUT2D eigenvalue weighted by atomic mass is 10.3. The van der Waals surface area contributed by atoms with Crippen LogP contribution in [0.1, 0.15) is 18.0 Å². The highest BCUT2D eigenvalue weighted by Crippen LogP contribution is 2.34. The van der Waals surface area contributed by atoms with Gasteiger partial charge in [0, 0.05) is 12.4 Å². The van der Waals surface area contributed by atoms with Gasteiger partial charge in [-0.3, -0.25) is 4.98 Å². The molecule has 0 bridgehead atoms. The van der Waals surface area contributed by atoms with E-state index in [1.165, 1.54) is 11.8 Å². The summed E-state index contributed by atoms with van der Waals surface area (Å²) >= 11 is 1.40. The summed E-state index contributed by atoms with van der Waals surface area (Å²) in [4.78, 5) is 4.05. The van der Waals surface area contributed by atoms with E-state index in [9.17, 15) is 0 Å². The molecule has 0 aliphatic rings. The highest BCUT2D eigenvalue weighted by atomic mass is 32.2. The zero-order valence-electron chi connectivity index (χ0n) is 13.2. The van der Waals surface area contributed by atoms with Crippen LogP contribution in [0.25, 0.3) is 17.1 Å². The van der Waals surface area contributed by atoms with Crippen LogP contribution in [0.15, 0.2) is 64.5 Å². The number of rotatable bonds is 5. The van der Waals surface area contributed by atoms with Crippen molar-refractivity contribution < 1.29 is 4.42 Å². The predicted octanol–water partition coefficient (Wildman–Crippen LogP) is 2.96. The first-order chi connectivity index (χ1) is 12.3. The fraction of sp³-hybridized carbons (Fsp3) is 0.125. The number of aromatic nitrogens is 7. The molecule has 0 saturated carbocycles. The third-order valence-corrected chi connectivity index (χ3v) is 4.38. The summed E-state index contributed by atoms with van der Waals surface area (Å²) in [6, 6.07) is 13.4. The topological polar surface area (TPSA) is 95.4 Å². The van der Waals surface area contributed by atoms with Crippen LogP contribution in [0.2, 0.25) is 0 Å². The Hall–Kier alpha value is -3.07. The zero-order valence-corrected chi connectivity index (χ0v) is 14.0. The number of nitrogens with zero attached hydrogens (tertiary/aromatic N) is 7. The maximum Gasteiger partial charge on any atom is 0.277 e. The largest absolute Gasteiger partial charge is 0.411 e. The van der Waals surface area contributed by atoms with Crippen molar-refractivity contribution in [1.29, 1.82) is 0 Å². The third-order valence-electron chi connectivity index (χ3n) is 3.45.